The van der Waals surface area contributed by atoms with Crippen LogP contribution in [0, 0.1) is 5.41 Å². The zero-order valence-corrected chi connectivity index (χ0v) is 12.3. The Balaban J connectivity index is 2.45. The molecule has 1 aromatic rings. The highest BCUT2D eigenvalue weighted by atomic mass is 16.5. The Labute approximate surface area is 115 Å². The van der Waals surface area contributed by atoms with E-state index in [1.807, 2.05) is 18.2 Å². The third-order valence-corrected chi connectivity index (χ3v) is 4.57. The molecule has 0 amide bonds. The van der Waals surface area contributed by atoms with E-state index in [9.17, 15) is 5.11 Å². The first-order valence-corrected chi connectivity index (χ1v) is 6.89. The summed E-state index contributed by atoms with van der Waals surface area (Å²) in [6.07, 6.45) is 4.09. The molecule has 0 saturated heterocycles. The predicted octanol–water partition coefficient (Wildman–Crippen LogP) is 3.49. The van der Waals surface area contributed by atoms with E-state index in [0.29, 0.717) is 11.5 Å². The molecule has 0 aliphatic heterocycles. The highest BCUT2D eigenvalue weighted by molar-refractivity contribution is 5.45. The van der Waals surface area contributed by atoms with E-state index in [4.69, 9.17) is 9.47 Å². The topological polar surface area (TPSA) is 38.7 Å². The Bertz CT molecular complexity index is 453. The SMILES string of the molecule is COc1ccc(C2(O)CCCCC2(C)C)cc1OC. The Morgan fingerprint density at radius 3 is 2.21 bits per heavy atom. The van der Waals surface area contributed by atoms with E-state index < -0.39 is 5.60 Å². The van der Waals surface area contributed by atoms with Crippen molar-refractivity contribution < 1.29 is 14.6 Å². The normalized spacial score (nSPS) is 25.9. The number of hydrogen-bond acceptors (Lipinski definition) is 3. The van der Waals surface area contributed by atoms with Crippen LogP contribution >= 0.6 is 0 Å². The van der Waals surface area contributed by atoms with E-state index in [1.54, 1.807) is 14.2 Å². The fourth-order valence-corrected chi connectivity index (χ4v) is 3.12. The van der Waals surface area contributed by atoms with E-state index in [0.717, 1.165) is 24.8 Å². The molecule has 3 heteroatoms. The number of hydrogen-bond donors (Lipinski definition) is 1. The first-order valence-electron chi connectivity index (χ1n) is 6.89. The Hall–Kier alpha value is -1.22. The van der Waals surface area contributed by atoms with Gasteiger partial charge in [-0.3, -0.25) is 0 Å². The van der Waals surface area contributed by atoms with Gasteiger partial charge in [0.25, 0.3) is 0 Å². The molecule has 2 rings (SSSR count). The Morgan fingerprint density at radius 2 is 1.63 bits per heavy atom. The van der Waals surface area contributed by atoms with Gasteiger partial charge >= 0.3 is 0 Å². The lowest BCUT2D eigenvalue weighted by Crippen LogP contribution is -2.44. The van der Waals surface area contributed by atoms with Gasteiger partial charge in [0.1, 0.15) is 0 Å². The van der Waals surface area contributed by atoms with Gasteiger partial charge in [-0.25, -0.2) is 0 Å². The molecular weight excluding hydrogens is 240 g/mol. The van der Waals surface area contributed by atoms with Gasteiger partial charge in [0, 0.05) is 0 Å². The van der Waals surface area contributed by atoms with Crippen LogP contribution in [0.1, 0.15) is 45.1 Å². The Kier molecular flexibility index (Phi) is 3.77. The molecule has 1 unspecified atom stereocenters. The van der Waals surface area contributed by atoms with Crippen LogP contribution in [-0.2, 0) is 5.60 Å². The summed E-state index contributed by atoms with van der Waals surface area (Å²) in [7, 11) is 3.24. The van der Waals surface area contributed by atoms with Crippen molar-refractivity contribution >= 4 is 0 Å². The largest absolute Gasteiger partial charge is 0.493 e. The molecule has 1 aliphatic rings. The van der Waals surface area contributed by atoms with Crippen molar-refractivity contribution in [2.45, 2.75) is 45.1 Å². The fraction of sp³-hybridized carbons (Fsp3) is 0.625. The molecule has 0 aromatic heterocycles. The van der Waals surface area contributed by atoms with Crippen molar-refractivity contribution in [1.82, 2.24) is 0 Å². The van der Waals surface area contributed by atoms with Crippen LogP contribution in [0.25, 0.3) is 0 Å². The van der Waals surface area contributed by atoms with E-state index in [-0.39, 0.29) is 5.41 Å². The van der Waals surface area contributed by atoms with Crippen LogP contribution in [0.3, 0.4) is 0 Å². The smallest absolute Gasteiger partial charge is 0.161 e. The molecule has 0 radical (unpaired) electrons. The zero-order valence-electron chi connectivity index (χ0n) is 12.3. The molecule has 1 atom stereocenters. The molecular formula is C16H24O3. The van der Waals surface area contributed by atoms with Crippen molar-refractivity contribution in [3.8, 4) is 11.5 Å². The molecule has 0 bridgehead atoms. The lowest BCUT2D eigenvalue weighted by molar-refractivity contribution is -0.104. The maximum atomic E-state index is 11.2. The second kappa shape index (κ2) is 5.04. The van der Waals surface area contributed by atoms with Gasteiger partial charge < -0.3 is 14.6 Å². The average Bonchev–Trinajstić information content (AvgIpc) is 2.41. The number of ether oxygens (including phenoxy) is 2. The minimum atomic E-state index is -0.787. The van der Waals surface area contributed by atoms with E-state index in [2.05, 4.69) is 13.8 Å². The molecule has 0 spiro atoms. The zero-order chi connectivity index (χ0) is 14.1. The van der Waals surface area contributed by atoms with Crippen molar-refractivity contribution in [1.29, 1.82) is 0 Å². The fourth-order valence-electron chi connectivity index (χ4n) is 3.12. The summed E-state index contributed by atoms with van der Waals surface area (Å²) in [6.45, 7) is 4.28. The summed E-state index contributed by atoms with van der Waals surface area (Å²) in [5.41, 5.74) is 0.0187. The van der Waals surface area contributed by atoms with Gasteiger partial charge in [-0.1, -0.05) is 32.8 Å². The van der Waals surface area contributed by atoms with Gasteiger partial charge in [-0.15, -0.1) is 0 Å². The van der Waals surface area contributed by atoms with Crippen LogP contribution in [-0.4, -0.2) is 19.3 Å². The maximum Gasteiger partial charge on any atom is 0.161 e. The van der Waals surface area contributed by atoms with Crippen LogP contribution in [0.5, 0.6) is 11.5 Å². The van der Waals surface area contributed by atoms with Gasteiger partial charge in [0.2, 0.25) is 0 Å². The monoisotopic (exact) mass is 264 g/mol. The van der Waals surface area contributed by atoms with Crippen molar-refractivity contribution in [3.63, 3.8) is 0 Å². The first-order chi connectivity index (χ1) is 8.94. The van der Waals surface area contributed by atoms with Crippen molar-refractivity contribution in [2.75, 3.05) is 14.2 Å². The van der Waals surface area contributed by atoms with Crippen molar-refractivity contribution in [2.24, 2.45) is 5.41 Å². The molecule has 0 heterocycles. The van der Waals surface area contributed by atoms with Crippen molar-refractivity contribution in [3.05, 3.63) is 23.8 Å². The average molecular weight is 264 g/mol. The maximum absolute atomic E-state index is 11.2. The first kappa shape index (κ1) is 14.2. The van der Waals surface area contributed by atoms with E-state index in [1.165, 1.54) is 6.42 Å². The van der Waals surface area contributed by atoms with Gasteiger partial charge in [0.05, 0.1) is 19.8 Å². The predicted molar refractivity (Wildman–Crippen MR) is 75.7 cm³/mol. The second-order valence-electron chi connectivity index (χ2n) is 6.02. The minimum Gasteiger partial charge on any atom is -0.493 e. The molecule has 1 N–H and O–H groups in total. The molecule has 19 heavy (non-hydrogen) atoms. The quantitative estimate of drug-likeness (QED) is 0.908. The summed E-state index contributed by atoms with van der Waals surface area (Å²) < 4.78 is 10.6. The standard InChI is InChI=1S/C16H24O3/c1-15(2)9-5-6-10-16(15,17)12-7-8-13(18-3)14(11-12)19-4/h7-8,11,17H,5-6,9-10H2,1-4H3. The van der Waals surface area contributed by atoms with Crippen LogP contribution in [0.15, 0.2) is 18.2 Å². The van der Waals surface area contributed by atoms with Gasteiger partial charge in [0.15, 0.2) is 11.5 Å². The second-order valence-corrected chi connectivity index (χ2v) is 6.02. The van der Waals surface area contributed by atoms with E-state index >= 15 is 0 Å². The number of methoxy groups -OCH3 is 2. The molecule has 1 saturated carbocycles. The summed E-state index contributed by atoms with van der Waals surface area (Å²) >= 11 is 0. The van der Waals surface area contributed by atoms with Crippen LogP contribution in [0.2, 0.25) is 0 Å². The molecule has 1 aromatic carbocycles. The molecule has 106 valence electrons. The van der Waals surface area contributed by atoms with Crippen LogP contribution in [0.4, 0.5) is 0 Å². The Morgan fingerprint density at radius 1 is 1.00 bits per heavy atom. The van der Waals surface area contributed by atoms with Crippen LogP contribution < -0.4 is 9.47 Å². The molecule has 3 nitrogen and oxygen atoms in total. The summed E-state index contributed by atoms with van der Waals surface area (Å²) in [5, 5.41) is 11.2. The third kappa shape index (κ3) is 2.32. The molecule has 1 fully saturated rings. The highest BCUT2D eigenvalue weighted by Crippen LogP contribution is 2.51. The van der Waals surface area contributed by atoms with Gasteiger partial charge in [-0.2, -0.15) is 0 Å². The number of rotatable bonds is 3. The number of aliphatic hydroxyl groups is 1. The summed E-state index contributed by atoms with van der Waals surface area (Å²) in [5.74, 6) is 1.37. The summed E-state index contributed by atoms with van der Waals surface area (Å²) in [6, 6.07) is 5.73. The third-order valence-electron chi connectivity index (χ3n) is 4.57. The lowest BCUT2D eigenvalue weighted by Gasteiger charge is -2.47. The minimum absolute atomic E-state index is 0.120. The highest BCUT2D eigenvalue weighted by Gasteiger charge is 2.46. The molecule has 1 aliphatic carbocycles. The number of benzene rings is 1. The lowest BCUT2D eigenvalue weighted by atomic mass is 9.62. The van der Waals surface area contributed by atoms with Gasteiger partial charge in [-0.05, 0) is 36.0 Å². The summed E-state index contributed by atoms with van der Waals surface area (Å²) in [4.78, 5) is 0.